The van der Waals surface area contributed by atoms with Crippen LogP contribution in [0, 0.1) is 11.8 Å². The highest BCUT2D eigenvalue weighted by Gasteiger charge is 2.39. The molecule has 5 heteroatoms. The third kappa shape index (κ3) is 2.61. The van der Waals surface area contributed by atoms with E-state index < -0.39 is 0 Å². The molecule has 0 saturated heterocycles. The van der Waals surface area contributed by atoms with E-state index in [4.69, 9.17) is 5.73 Å². The summed E-state index contributed by atoms with van der Waals surface area (Å²) in [6.07, 6.45) is 0.988. The molecule has 1 aromatic heterocycles. The number of thiazole rings is 1. The van der Waals surface area contributed by atoms with Crippen molar-refractivity contribution < 1.29 is 4.79 Å². The van der Waals surface area contributed by atoms with Crippen LogP contribution in [0.25, 0.3) is 11.3 Å². The number of rotatable bonds is 3. The van der Waals surface area contributed by atoms with E-state index >= 15 is 0 Å². The Hall–Kier alpha value is -1.88. The SMILES string of the molecule is CC1CC1C(=O)Nc1nc(-c2ccc(N)cc2)cs1. The quantitative estimate of drug-likeness (QED) is 0.845. The molecule has 3 N–H and O–H groups in total. The van der Waals surface area contributed by atoms with Crippen LogP contribution in [-0.2, 0) is 4.79 Å². The summed E-state index contributed by atoms with van der Waals surface area (Å²) in [6.45, 7) is 2.09. The third-order valence-electron chi connectivity index (χ3n) is 3.39. The molecule has 2 atom stereocenters. The third-order valence-corrected chi connectivity index (χ3v) is 4.14. The fraction of sp³-hybridized carbons (Fsp3) is 0.286. The maximum atomic E-state index is 11.8. The monoisotopic (exact) mass is 273 g/mol. The van der Waals surface area contributed by atoms with Crippen molar-refractivity contribution in [2.24, 2.45) is 11.8 Å². The Morgan fingerprint density at radius 1 is 1.42 bits per heavy atom. The molecular formula is C14H15N3OS. The van der Waals surface area contributed by atoms with Gasteiger partial charge in [0, 0.05) is 22.5 Å². The lowest BCUT2D eigenvalue weighted by atomic mass is 10.1. The number of carbonyl (C=O) groups is 1. The lowest BCUT2D eigenvalue weighted by Crippen LogP contribution is -2.14. The van der Waals surface area contributed by atoms with E-state index in [1.807, 2.05) is 29.6 Å². The summed E-state index contributed by atoms with van der Waals surface area (Å²) < 4.78 is 0. The predicted molar refractivity (Wildman–Crippen MR) is 77.9 cm³/mol. The van der Waals surface area contributed by atoms with Gasteiger partial charge in [0.2, 0.25) is 5.91 Å². The van der Waals surface area contributed by atoms with Gasteiger partial charge >= 0.3 is 0 Å². The first-order valence-corrected chi connectivity index (χ1v) is 7.14. The minimum absolute atomic E-state index is 0.0886. The molecule has 98 valence electrons. The second-order valence-electron chi connectivity index (χ2n) is 4.97. The Labute approximate surface area is 115 Å². The molecule has 1 aromatic carbocycles. The zero-order valence-electron chi connectivity index (χ0n) is 10.6. The average Bonchev–Trinajstić information content (AvgIpc) is 2.95. The first-order chi connectivity index (χ1) is 9.13. The van der Waals surface area contributed by atoms with Crippen molar-refractivity contribution in [2.45, 2.75) is 13.3 Å². The number of hydrogen-bond donors (Lipinski definition) is 2. The van der Waals surface area contributed by atoms with Gasteiger partial charge in [-0.05, 0) is 24.5 Å². The predicted octanol–water partition coefficient (Wildman–Crippen LogP) is 2.99. The van der Waals surface area contributed by atoms with Crippen LogP contribution in [0.4, 0.5) is 10.8 Å². The van der Waals surface area contributed by atoms with Crippen molar-refractivity contribution >= 4 is 28.1 Å². The van der Waals surface area contributed by atoms with Gasteiger partial charge in [-0.2, -0.15) is 0 Å². The van der Waals surface area contributed by atoms with Gasteiger partial charge < -0.3 is 11.1 Å². The lowest BCUT2D eigenvalue weighted by Gasteiger charge is -1.99. The Morgan fingerprint density at radius 2 is 2.11 bits per heavy atom. The molecule has 1 heterocycles. The second-order valence-corrected chi connectivity index (χ2v) is 5.83. The smallest absolute Gasteiger partial charge is 0.229 e. The molecule has 2 unspecified atom stereocenters. The molecule has 1 fully saturated rings. The molecular weight excluding hydrogens is 258 g/mol. The van der Waals surface area contributed by atoms with Gasteiger partial charge in [-0.3, -0.25) is 4.79 Å². The number of anilines is 2. The van der Waals surface area contributed by atoms with E-state index in [-0.39, 0.29) is 11.8 Å². The van der Waals surface area contributed by atoms with Crippen LogP contribution in [-0.4, -0.2) is 10.9 Å². The summed E-state index contributed by atoms with van der Waals surface area (Å²) in [6, 6.07) is 7.55. The van der Waals surface area contributed by atoms with Gasteiger partial charge in [0.15, 0.2) is 5.13 Å². The molecule has 0 bridgehead atoms. The number of amides is 1. The Balaban J connectivity index is 1.72. The van der Waals surface area contributed by atoms with E-state index in [9.17, 15) is 4.79 Å². The Bertz CT molecular complexity index is 605. The van der Waals surface area contributed by atoms with Crippen molar-refractivity contribution in [1.82, 2.24) is 4.98 Å². The largest absolute Gasteiger partial charge is 0.399 e. The highest BCUT2D eigenvalue weighted by molar-refractivity contribution is 7.14. The van der Waals surface area contributed by atoms with Crippen LogP contribution in [0.1, 0.15) is 13.3 Å². The van der Waals surface area contributed by atoms with Crippen LogP contribution in [0.3, 0.4) is 0 Å². The Kier molecular flexibility index (Phi) is 2.98. The number of nitrogens with one attached hydrogen (secondary N) is 1. The van der Waals surface area contributed by atoms with Crippen molar-refractivity contribution in [3.05, 3.63) is 29.6 Å². The van der Waals surface area contributed by atoms with Crippen molar-refractivity contribution in [3.63, 3.8) is 0 Å². The summed E-state index contributed by atoms with van der Waals surface area (Å²) in [5.74, 6) is 0.770. The van der Waals surface area contributed by atoms with E-state index in [1.54, 1.807) is 0 Å². The molecule has 1 saturated carbocycles. The maximum absolute atomic E-state index is 11.8. The molecule has 3 rings (SSSR count). The zero-order valence-corrected chi connectivity index (χ0v) is 11.4. The van der Waals surface area contributed by atoms with Crippen LogP contribution in [0.2, 0.25) is 0 Å². The molecule has 0 spiro atoms. The van der Waals surface area contributed by atoms with E-state index in [1.165, 1.54) is 11.3 Å². The highest BCUT2D eigenvalue weighted by Crippen LogP contribution is 2.38. The Morgan fingerprint density at radius 3 is 2.74 bits per heavy atom. The van der Waals surface area contributed by atoms with Gasteiger partial charge in [0.05, 0.1) is 5.69 Å². The van der Waals surface area contributed by atoms with Gasteiger partial charge in [-0.15, -0.1) is 11.3 Å². The normalized spacial score (nSPS) is 21.1. The van der Waals surface area contributed by atoms with Crippen molar-refractivity contribution in [3.8, 4) is 11.3 Å². The maximum Gasteiger partial charge on any atom is 0.229 e. The minimum atomic E-state index is 0.0886. The fourth-order valence-electron chi connectivity index (χ4n) is 2.00. The topological polar surface area (TPSA) is 68.0 Å². The lowest BCUT2D eigenvalue weighted by molar-refractivity contribution is -0.117. The van der Waals surface area contributed by atoms with Gasteiger partial charge in [0.25, 0.3) is 0 Å². The number of hydrogen-bond acceptors (Lipinski definition) is 4. The number of nitrogens with zero attached hydrogens (tertiary/aromatic N) is 1. The molecule has 0 aliphatic heterocycles. The highest BCUT2D eigenvalue weighted by atomic mass is 32.1. The van der Waals surface area contributed by atoms with Gasteiger partial charge in [0.1, 0.15) is 0 Å². The summed E-state index contributed by atoms with van der Waals surface area (Å²) in [5, 5.41) is 5.48. The van der Waals surface area contributed by atoms with E-state index in [0.717, 1.165) is 23.4 Å². The number of benzene rings is 1. The molecule has 4 nitrogen and oxygen atoms in total. The standard InChI is InChI=1S/C14H15N3OS/c1-8-6-11(8)13(18)17-14-16-12(7-19-14)9-2-4-10(15)5-3-9/h2-5,7-8,11H,6,15H2,1H3,(H,16,17,18). The van der Waals surface area contributed by atoms with Crippen LogP contribution in [0.15, 0.2) is 29.6 Å². The molecule has 1 aliphatic rings. The van der Waals surface area contributed by atoms with Crippen LogP contribution >= 0.6 is 11.3 Å². The average molecular weight is 273 g/mol. The molecule has 1 aliphatic carbocycles. The number of aromatic nitrogens is 1. The van der Waals surface area contributed by atoms with Crippen molar-refractivity contribution in [1.29, 1.82) is 0 Å². The summed E-state index contributed by atoms with van der Waals surface area (Å²) in [4.78, 5) is 16.2. The molecule has 2 aromatic rings. The second kappa shape index (κ2) is 4.66. The van der Waals surface area contributed by atoms with E-state index in [0.29, 0.717) is 11.0 Å². The first-order valence-electron chi connectivity index (χ1n) is 6.26. The fourth-order valence-corrected chi connectivity index (χ4v) is 2.73. The van der Waals surface area contributed by atoms with E-state index in [2.05, 4.69) is 17.2 Å². The summed E-state index contributed by atoms with van der Waals surface area (Å²) in [5.41, 5.74) is 8.26. The van der Waals surface area contributed by atoms with Crippen LogP contribution in [0.5, 0.6) is 0 Å². The zero-order chi connectivity index (χ0) is 13.4. The minimum Gasteiger partial charge on any atom is -0.399 e. The number of nitrogens with two attached hydrogens (primary N) is 1. The number of nitrogen functional groups attached to an aromatic ring is 1. The number of carbonyl (C=O) groups excluding carboxylic acids is 1. The van der Waals surface area contributed by atoms with Crippen LogP contribution < -0.4 is 11.1 Å². The van der Waals surface area contributed by atoms with Crippen molar-refractivity contribution in [2.75, 3.05) is 11.1 Å². The van der Waals surface area contributed by atoms with Gasteiger partial charge in [-0.25, -0.2) is 4.98 Å². The summed E-state index contributed by atoms with van der Waals surface area (Å²) >= 11 is 1.45. The first kappa shape index (κ1) is 12.2. The molecule has 19 heavy (non-hydrogen) atoms. The van der Waals surface area contributed by atoms with Gasteiger partial charge in [-0.1, -0.05) is 19.1 Å². The molecule has 1 amide bonds. The summed E-state index contributed by atoms with van der Waals surface area (Å²) in [7, 11) is 0. The molecule has 0 radical (unpaired) electrons.